The fraction of sp³-hybridized carbons (Fsp3) is 0.486. The largest absolute Gasteiger partial charge is 0.460 e. The average Bonchev–Trinajstić information content (AvgIpc) is 3.25. The van der Waals surface area contributed by atoms with Crippen LogP contribution in [0.2, 0.25) is 0 Å². The fourth-order valence-electron chi connectivity index (χ4n) is 4.60. The van der Waals surface area contributed by atoms with Gasteiger partial charge in [-0.05, 0) is 83.1 Å². The second-order valence-corrected chi connectivity index (χ2v) is 13.3. The first-order valence-corrected chi connectivity index (χ1v) is 15.4. The van der Waals surface area contributed by atoms with E-state index >= 15 is 0 Å². The second kappa shape index (κ2) is 15.6. The van der Waals surface area contributed by atoms with Gasteiger partial charge >= 0.3 is 17.9 Å². The van der Waals surface area contributed by atoms with Crippen molar-refractivity contribution in [3.8, 4) is 0 Å². The van der Waals surface area contributed by atoms with Gasteiger partial charge in [0.1, 0.15) is 17.2 Å². The molecule has 1 heterocycles. The lowest BCUT2D eigenvalue weighted by Crippen LogP contribution is -2.45. The first-order valence-electron chi connectivity index (χ1n) is 15.4. The molecule has 1 atom stereocenters. The molecule has 2 aromatic rings. The number of aryl methyl sites for hydroxylation is 2. The van der Waals surface area contributed by atoms with E-state index < -0.39 is 46.9 Å². The highest BCUT2D eigenvalue weighted by molar-refractivity contribution is 6.01. The summed E-state index contributed by atoms with van der Waals surface area (Å²) in [7, 11) is 0. The third kappa shape index (κ3) is 12.5. The number of nitrogens with zero attached hydrogens (tertiary/aromatic N) is 1. The number of hydrogen-bond donors (Lipinski definition) is 1. The van der Waals surface area contributed by atoms with Gasteiger partial charge in [-0.15, -0.1) is 5.06 Å². The zero-order valence-electron chi connectivity index (χ0n) is 27.5. The van der Waals surface area contributed by atoms with Gasteiger partial charge in [0.15, 0.2) is 0 Å². The van der Waals surface area contributed by atoms with Crippen LogP contribution in [0.15, 0.2) is 48.5 Å². The number of imide groups is 1. The van der Waals surface area contributed by atoms with Gasteiger partial charge in [0.2, 0.25) is 5.91 Å². The molecule has 0 spiro atoms. The van der Waals surface area contributed by atoms with Crippen LogP contribution in [0.1, 0.15) is 89.5 Å². The maximum absolute atomic E-state index is 12.9. The molecule has 0 aliphatic carbocycles. The Kier molecular flexibility index (Phi) is 12.2. The number of amides is 3. The van der Waals surface area contributed by atoms with E-state index in [0.29, 0.717) is 5.06 Å². The number of carbonyl (C=O) groups excluding carboxylic acids is 6. The second-order valence-electron chi connectivity index (χ2n) is 13.3. The molecule has 1 aliphatic rings. The zero-order chi connectivity index (χ0) is 34.1. The van der Waals surface area contributed by atoms with Crippen LogP contribution in [-0.4, -0.2) is 57.9 Å². The average molecular weight is 637 g/mol. The standard InChI is InChI=1S/C35H44N2O9/c1-34(2,3)44-32(42)22-26-15-11-24(12-16-26)8-7-23-9-13-25(14-10-23)21-28(38)36-27(33(43)45-35(4,5)6)17-20-31(41)46-37-29(39)18-19-30(37)40/h9-16,27H,7-8,17-22H2,1-6H3,(H,36,38). The number of ether oxygens (including phenoxy) is 2. The van der Waals surface area contributed by atoms with Crippen LogP contribution in [0.4, 0.5) is 0 Å². The molecule has 1 unspecified atom stereocenters. The molecule has 248 valence electrons. The SMILES string of the molecule is CC(C)(C)OC(=O)Cc1ccc(CCc2ccc(CC(=O)NC(CCC(=O)ON3C(=O)CCC3=O)C(=O)OC(C)(C)C)cc2)cc1. The topological polar surface area (TPSA) is 145 Å². The fourth-order valence-corrected chi connectivity index (χ4v) is 4.60. The van der Waals surface area contributed by atoms with Crippen molar-refractivity contribution in [1.29, 1.82) is 0 Å². The summed E-state index contributed by atoms with van der Waals surface area (Å²) in [5, 5.41) is 3.09. The molecule has 3 amide bonds. The molecular formula is C35H44N2O9. The van der Waals surface area contributed by atoms with Gasteiger partial charge in [-0.1, -0.05) is 48.5 Å². The van der Waals surface area contributed by atoms with Crippen molar-refractivity contribution in [3.63, 3.8) is 0 Å². The Morgan fingerprint density at radius 3 is 1.63 bits per heavy atom. The van der Waals surface area contributed by atoms with Crippen molar-refractivity contribution in [2.45, 2.75) is 110 Å². The van der Waals surface area contributed by atoms with Crippen LogP contribution in [0.25, 0.3) is 0 Å². The van der Waals surface area contributed by atoms with Crippen LogP contribution >= 0.6 is 0 Å². The number of nitrogens with one attached hydrogen (secondary N) is 1. The van der Waals surface area contributed by atoms with Crippen molar-refractivity contribution in [1.82, 2.24) is 10.4 Å². The third-order valence-corrected chi connectivity index (χ3v) is 6.74. The summed E-state index contributed by atoms with van der Waals surface area (Å²) >= 11 is 0. The highest BCUT2D eigenvalue weighted by Crippen LogP contribution is 2.16. The normalized spacial score (nSPS) is 14.1. The summed E-state index contributed by atoms with van der Waals surface area (Å²) in [4.78, 5) is 78.4. The van der Waals surface area contributed by atoms with Gasteiger partial charge in [0, 0.05) is 12.8 Å². The molecule has 46 heavy (non-hydrogen) atoms. The minimum atomic E-state index is -1.14. The van der Waals surface area contributed by atoms with Crippen molar-refractivity contribution in [2.24, 2.45) is 0 Å². The number of rotatable bonds is 13. The van der Waals surface area contributed by atoms with Crippen molar-refractivity contribution >= 4 is 35.6 Å². The van der Waals surface area contributed by atoms with Crippen LogP contribution in [0.5, 0.6) is 0 Å². The Morgan fingerprint density at radius 1 is 0.696 bits per heavy atom. The summed E-state index contributed by atoms with van der Waals surface area (Å²) < 4.78 is 10.8. The number of benzene rings is 2. The first-order chi connectivity index (χ1) is 21.5. The van der Waals surface area contributed by atoms with Crippen molar-refractivity contribution in [3.05, 3.63) is 70.8 Å². The highest BCUT2D eigenvalue weighted by atomic mass is 16.7. The maximum Gasteiger partial charge on any atom is 0.333 e. The molecular weight excluding hydrogens is 592 g/mol. The van der Waals surface area contributed by atoms with Gasteiger partial charge < -0.3 is 19.6 Å². The van der Waals surface area contributed by atoms with Crippen LogP contribution < -0.4 is 5.32 Å². The summed E-state index contributed by atoms with van der Waals surface area (Å²) in [6, 6.07) is 14.3. The van der Waals surface area contributed by atoms with E-state index in [1.165, 1.54) is 0 Å². The molecule has 11 nitrogen and oxygen atoms in total. The lowest BCUT2D eigenvalue weighted by atomic mass is 10.0. The van der Waals surface area contributed by atoms with E-state index in [-0.39, 0.29) is 44.5 Å². The van der Waals surface area contributed by atoms with Gasteiger partial charge in [-0.25, -0.2) is 9.59 Å². The van der Waals surface area contributed by atoms with Crippen LogP contribution in [-0.2, 0) is 68.8 Å². The van der Waals surface area contributed by atoms with Crippen molar-refractivity contribution in [2.75, 3.05) is 0 Å². The lowest BCUT2D eigenvalue weighted by Gasteiger charge is -2.24. The molecule has 0 radical (unpaired) electrons. The minimum absolute atomic E-state index is 0.0000833. The number of esters is 2. The quantitative estimate of drug-likeness (QED) is 0.254. The monoisotopic (exact) mass is 636 g/mol. The van der Waals surface area contributed by atoms with Gasteiger partial charge in [-0.3, -0.25) is 19.2 Å². The molecule has 0 aromatic heterocycles. The lowest BCUT2D eigenvalue weighted by molar-refractivity contribution is -0.197. The van der Waals surface area contributed by atoms with E-state index in [0.717, 1.165) is 35.1 Å². The Bertz CT molecular complexity index is 1400. The first kappa shape index (κ1) is 35.9. The van der Waals surface area contributed by atoms with E-state index in [1.54, 1.807) is 20.8 Å². The smallest absolute Gasteiger partial charge is 0.333 e. The zero-order valence-corrected chi connectivity index (χ0v) is 27.5. The van der Waals surface area contributed by atoms with Gasteiger partial charge in [0.05, 0.1) is 19.3 Å². The minimum Gasteiger partial charge on any atom is -0.460 e. The Hall–Kier alpha value is -4.54. The van der Waals surface area contributed by atoms with Crippen LogP contribution in [0, 0.1) is 0 Å². The predicted molar refractivity (Wildman–Crippen MR) is 168 cm³/mol. The highest BCUT2D eigenvalue weighted by Gasteiger charge is 2.34. The van der Waals surface area contributed by atoms with Crippen molar-refractivity contribution < 1.29 is 43.1 Å². The Balaban J connectivity index is 1.51. The molecule has 3 rings (SSSR count). The van der Waals surface area contributed by atoms with Gasteiger partial charge in [0.25, 0.3) is 11.8 Å². The summed E-state index contributed by atoms with van der Waals surface area (Å²) in [6.07, 6.45) is 1.27. The third-order valence-electron chi connectivity index (χ3n) is 6.74. The van der Waals surface area contributed by atoms with Gasteiger partial charge in [-0.2, -0.15) is 0 Å². The van der Waals surface area contributed by atoms with E-state index in [1.807, 2.05) is 69.3 Å². The molecule has 1 saturated heterocycles. The maximum atomic E-state index is 12.9. The van der Waals surface area contributed by atoms with E-state index in [9.17, 15) is 28.8 Å². The van der Waals surface area contributed by atoms with E-state index in [4.69, 9.17) is 14.3 Å². The Morgan fingerprint density at radius 2 is 1.15 bits per heavy atom. The molecule has 1 N–H and O–H groups in total. The Labute approximate surface area is 269 Å². The molecule has 1 aliphatic heterocycles. The summed E-state index contributed by atoms with van der Waals surface area (Å²) in [5.41, 5.74) is 2.50. The summed E-state index contributed by atoms with van der Waals surface area (Å²) in [5.74, 6) is -3.49. The number of carbonyl (C=O) groups is 6. The number of hydroxylamine groups is 2. The molecule has 1 fully saturated rings. The van der Waals surface area contributed by atoms with E-state index in [2.05, 4.69) is 5.32 Å². The molecule has 0 bridgehead atoms. The summed E-state index contributed by atoms with van der Waals surface area (Å²) in [6.45, 7) is 10.6. The predicted octanol–water partition coefficient (Wildman–Crippen LogP) is 4.11. The molecule has 2 aromatic carbocycles. The molecule has 11 heteroatoms. The molecule has 0 saturated carbocycles. The number of hydrogen-bond acceptors (Lipinski definition) is 9. The van der Waals surface area contributed by atoms with Crippen LogP contribution in [0.3, 0.4) is 0 Å².